The molecule has 98 valence electrons. The number of nitrogens with zero attached hydrogens (tertiary/aromatic N) is 2. The molecule has 19 heavy (non-hydrogen) atoms. The van der Waals surface area contributed by atoms with Gasteiger partial charge in [0, 0.05) is 5.39 Å². The van der Waals surface area contributed by atoms with E-state index in [0.29, 0.717) is 16.8 Å². The number of aryl methyl sites for hydroxylation is 1. The third-order valence-corrected chi connectivity index (χ3v) is 4.28. The van der Waals surface area contributed by atoms with Crippen molar-refractivity contribution in [3.8, 4) is 0 Å². The highest BCUT2D eigenvalue weighted by molar-refractivity contribution is 7.92. The fourth-order valence-corrected chi connectivity index (χ4v) is 3.09. The lowest BCUT2D eigenvalue weighted by Crippen LogP contribution is -2.13. The van der Waals surface area contributed by atoms with Crippen molar-refractivity contribution >= 4 is 26.6 Å². The van der Waals surface area contributed by atoms with Crippen molar-refractivity contribution in [1.82, 2.24) is 20.4 Å². The summed E-state index contributed by atoms with van der Waals surface area (Å²) in [5.74, 6) is 0. The molecule has 0 spiro atoms. The van der Waals surface area contributed by atoms with Gasteiger partial charge in [-0.15, -0.1) is 0 Å². The summed E-state index contributed by atoms with van der Waals surface area (Å²) in [6.07, 6.45) is 2.86. The van der Waals surface area contributed by atoms with E-state index in [0.717, 1.165) is 5.52 Å². The highest BCUT2D eigenvalue weighted by Crippen LogP contribution is 2.24. The first-order chi connectivity index (χ1) is 9.08. The smallest absolute Gasteiger partial charge is 0.265 e. The molecule has 0 bridgehead atoms. The van der Waals surface area contributed by atoms with E-state index in [-0.39, 0.29) is 4.90 Å². The molecular formula is C11H11N5O2S. The van der Waals surface area contributed by atoms with E-state index in [2.05, 4.69) is 25.1 Å². The molecule has 0 aliphatic heterocycles. The van der Waals surface area contributed by atoms with Gasteiger partial charge in [-0.25, -0.2) is 8.42 Å². The lowest BCUT2D eigenvalue weighted by molar-refractivity contribution is 0.601. The second kappa shape index (κ2) is 4.09. The lowest BCUT2D eigenvalue weighted by atomic mass is 10.2. The third-order valence-electron chi connectivity index (χ3n) is 2.80. The number of benzene rings is 1. The predicted octanol–water partition coefficient (Wildman–Crippen LogP) is 1.40. The zero-order chi connectivity index (χ0) is 13.5. The van der Waals surface area contributed by atoms with E-state index in [1.165, 1.54) is 6.20 Å². The summed E-state index contributed by atoms with van der Waals surface area (Å²) in [5.41, 5.74) is 1.74. The van der Waals surface area contributed by atoms with Crippen molar-refractivity contribution in [3.05, 3.63) is 36.3 Å². The maximum absolute atomic E-state index is 12.2. The molecule has 7 nitrogen and oxygen atoms in total. The maximum Gasteiger partial charge on any atom is 0.265 e. The fraction of sp³-hybridized carbons (Fsp3) is 0.0909. The summed E-state index contributed by atoms with van der Waals surface area (Å²) in [5, 5.41) is 13.7. The minimum Gasteiger partial charge on any atom is -0.281 e. The SMILES string of the molecule is Cc1[nH]ncc1S(=O)(=O)Nc1cccc2[nH]ncc12. The van der Waals surface area contributed by atoms with Crippen LogP contribution >= 0.6 is 0 Å². The van der Waals surface area contributed by atoms with Crippen LogP contribution in [-0.4, -0.2) is 28.8 Å². The topological polar surface area (TPSA) is 104 Å². The summed E-state index contributed by atoms with van der Waals surface area (Å²) in [4.78, 5) is 0.132. The first-order valence-corrected chi connectivity index (χ1v) is 7.01. The molecule has 2 heterocycles. The Morgan fingerprint density at radius 3 is 2.68 bits per heavy atom. The second-order valence-electron chi connectivity index (χ2n) is 4.10. The summed E-state index contributed by atoms with van der Waals surface area (Å²) >= 11 is 0. The van der Waals surface area contributed by atoms with Gasteiger partial charge in [-0.05, 0) is 19.1 Å². The largest absolute Gasteiger partial charge is 0.281 e. The van der Waals surface area contributed by atoms with E-state index in [1.54, 1.807) is 25.3 Å². The van der Waals surface area contributed by atoms with Crippen LogP contribution < -0.4 is 4.72 Å². The number of H-pyrrole nitrogens is 2. The number of nitrogens with one attached hydrogen (secondary N) is 3. The summed E-state index contributed by atoms with van der Waals surface area (Å²) < 4.78 is 27.0. The van der Waals surface area contributed by atoms with Crippen LogP contribution in [0.1, 0.15) is 5.69 Å². The van der Waals surface area contributed by atoms with Crippen LogP contribution in [0, 0.1) is 6.92 Å². The van der Waals surface area contributed by atoms with Gasteiger partial charge in [0.25, 0.3) is 10.0 Å². The van der Waals surface area contributed by atoms with Gasteiger partial charge in [-0.3, -0.25) is 14.9 Å². The van der Waals surface area contributed by atoms with Crippen molar-refractivity contribution in [2.75, 3.05) is 4.72 Å². The summed E-state index contributed by atoms with van der Waals surface area (Å²) in [7, 11) is -3.66. The van der Waals surface area contributed by atoms with Gasteiger partial charge in [-0.1, -0.05) is 6.07 Å². The molecule has 0 fully saturated rings. The highest BCUT2D eigenvalue weighted by atomic mass is 32.2. The highest BCUT2D eigenvalue weighted by Gasteiger charge is 2.19. The minimum atomic E-state index is -3.66. The number of sulfonamides is 1. The Kier molecular flexibility index (Phi) is 2.53. The Morgan fingerprint density at radius 2 is 1.95 bits per heavy atom. The van der Waals surface area contributed by atoms with Crippen LogP contribution in [0.3, 0.4) is 0 Å². The van der Waals surface area contributed by atoms with Crippen molar-refractivity contribution in [2.45, 2.75) is 11.8 Å². The third kappa shape index (κ3) is 1.95. The predicted molar refractivity (Wildman–Crippen MR) is 70.2 cm³/mol. The molecule has 3 N–H and O–H groups in total. The molecule has 1 aromatic carbocycles. The molecule has 0 atom stereocenters. The molecule has 2 aromatic heterocycles. The van der Waals surface area contributed by atoms with Gasteiger partial charge in [0.15, 0.2) is 0 Å². The van der Waals surface area contributed by atoms with E-state index < -0.39 is 10.0 Å². The number of rotatable bonds is 3. The molecule has 0 saturated carbocycles. The van der Waals surface area contributed by atoms with Crippen LogP contribution in [0.5, 0.6) is 0 Å². The van der Waals surface area contributed by atoms with E-state index in [9.17, 15) is 8.42 Å². The number of aromatic amines is 2. The Bertz CT molecular complexity index is 834. The second-order valence-corrected chi connectivity index (χ2v) is 5.75. The van der Waals surface area contributed by atoms with Crippen LogP contribution in [0.2, 0.25) is 0 Å². The number of anilines is 1. The average molecular weight is 277 g/mol. The summed E-state index contributed by atoms with van der Waals surface area (Å²) in [6, 6.07) is 5.26. The number of hydrogen-bond donors (Lipinski definition) is 3. The molecule has 0 radical (unpaired) electrons. The van der Waals surface area contributed by atoms with E-state index in [1.807, 2.05) is 6.07 Å². The van der Waals surface area contributed by atoms with E-state index >= 15 is 0 Å². The molecular weight excluding hydrogens is 266 g/mol. The zero-order valence-corrected chi connectivity index (χ0v) is 10.8. The van der Waals surface area contributed by atoms with E-state index in [4.69, 9.17) is 0 Å². The lowest BCUT2D eigenvalue weighted by Gasteiger charge is -2.07. The van der Waals surface area contributed by atoms with Crippen molar-refractivity contribution in [3.63, 3.8) is 0 Å². The molecule has 0 aliphatic carbocycles. The Balaban J connectivity index is 2.06. The normalized spacial score (nSPS) is 11.8. The van der Waals surface area contributed by atoms with Crippen molar-refractivity contribution in [1.29, 1.82) is 0 Å². The monoisotopic (exact) mass is 277 g/mol. The Hall–Kier alpha value is -2.35. The maximum atomic E-state index is 12.2. The van der Waals surface area contributed by atoms with Gasteiger partial charge >= 0.3 is 0 Å². The molecule has 0 saturated heterocycles. The van der Waals surface area contributed by atoms with Crippen molar-refractivity contribution in [2.24, 2.45) is 0 Å². The molecule has 8 heteroatoms. The molecule has 0 amide bonds. The first kappa shape index (κ1) is 11.7. The standard InChI is InChI=1S/C11H11N5O2S/c1-7-11(6-13-14-7)19(17,18)16-10-4-2-3-9-8(10)5-12-15-9/h2-6,16H,1H3,(H,12,15)(H,13,14). The van der Waals surface area contributed by atoms with Gasteiger partial charge in [-0.2, -0.15) is 10.2 Å². The van der Waals surface area contributed by atoms with Gasteiger partial charge in [0.2, 0.25) is 0 Å². The van der Waals surface area contributed by atoms with Gasteiger partial charge in [0.05, 0.1) is 29.3 Å². The van der Waals surface area contributed by atoms with Crippen LogP contribution in [0.4, 0.5) is 5.69 Å². The van der Waals surface area contributed by atoms with Crippen molar-refractivity contribution < 1.29 is 8.42 Å². The fourth-order valence-electron chi connectivity index (χ4n) is 1.87. The summed E-state index contributed by atoms with van der Waals surface area (Å²) in [6.45, 7) is 1.65. The van der Waals surface area contributed by atoms with Crippen LogP contribution in [0.15, 0.2) is 35.5 Å². The quantitative estimate of drug-likeness (QED) is 0.673. The average Bonchev–Trinajstić information content (AvgIpc) is 2.97. The Morgan fingerprint density at radius 1 is 1.16 bits per heavy atom. The molecule has 0 unspecified atom stereocenters. The van der Waals surface area contributed by atoms with Gasteiger partial charge < -0.3 is 0 Å². The number of fused-ring (bicyclic) bond motifs is 1. The van der Waals surface area contributed by atoms with Crippen LogP contribution in [-0.2, 0) is 10.0 Å². The molecule has 0 aliphatic rings. The zero-order valence-electron chi connectivity index (χ0n) is 10.0. The number of aromatic nitrogens is 4. The Labute approximate surface area is 109 Å². The number of hydrogen-bond acceptors (Lipinski definition) is 4. The first-order valence-electron chi connectivity index (χ1n) is 5.53. The van der Waals surface area contributed by atoms with Crippen LogP contribution in [0.25, 0.3) is 10.9 Å². The van der Waals surface area contributed by atoms with Gasteiger partial charge in [0.1, 0.15) is 4.90 Å². The minimum absolute atomic E-state index is 0.132. The molecule has 3 aromatic rings. The molecule has 3 rings (SSSR count).